The molecule has 0 aliphatic carbocycles. The van der Waals surface area contributed by atoms with Crippen molar-refractivity contribution in [2.24, 2.45) is 0 Å². The van der Waals surface area contributed by atoms with Crippen molar-refractivity contribution in [1.82, 2.24) is 0 Å². The fourth-order valence-corrected chi connectivity index (χ4v) is 3.08. The van der Waals surface area contributed by atoms with Crippen molar-refractivity contribution in [3.8, 4) is 11.5 Å². The van der Waals surface area contributed by atoms with Gasteiger partial charge in [0.25, 0.3) is 0 Å². The van der Waals surface area contributed by atoms with E-state index in [1.165, 1.54) is 27.1 Å². The van der Waals surface area contributed by atoms with E-state index in [1.807, 2.05) is 13.0 Å². The third-order valence-corrected chi connectivity index (χ3v) is 4.67. The summed E-state index contributed by atoms with van der Waals surface area (Å²) in [5, 5.41) is 0. The minimum atomic E-state index is -0.436. The highest BCUT2D eigenvalue weighted by Crippen LogP contribution is 2.30. The number of hydrogen-bond acceptors (Lipinski definition) is 5. The zero-order valence-corrected chi connectivity index (χ0v) is 16.7. The Morgan fingerprint density at radius 3 is 2.33 bits per heavy atom. The van der Waals surface area contributed by atoms with E-state index in [0.29, 0.717) is 23.5 Å². The second-order valence-corrected chi connectivity index (χ2v) is 6.65. The van der Waals surface area contributed by atoms with E-state index in [1.54, 1.807) is 24.5 Å². The molecule has 0 fully saturated rings. The van der Waals surface area contributed by atoms with Crippen molar-refractivity contribution >= 4 is 5.97 Å². The molecule has 148 valence electrons. The molecule has 1 aromatic heterocycles. The summed E-state index contributed by atoms with van der Waals surface area (Å²) in [5.74, 6) is 1.31. The van der Waals surface area contributed by atoms with Crippen LogP contribution in [0.4, 0.5) is 0 Å². The Labute approximate surface area is 161 Å². The topological polar surface area (TPSA) is 57.9 Å². The van der Waals surface area contributed by atoms with Crippen LogP contribution in [0, 0.1) is 6.92 Å². The zero-order valence-electron chi connectivity index (χ0n) is 16.7. The molecule has 0 amide bonds. The minimum Gasteiger partial charge on any atom is -0.496 e. The molecule has 1 heterocycles. The predicted molar refractivity (Wildman–Crippen MR) is 105 cm³/mol. The lowest BCUT2D eigenvalue weighted by Gasteiger charge is -2.19. The van der Waals surface area contributed by atoms with E-state index < -0.39 is 5.97 Å². The third-order valence-electron chi connectivity index (χ3n) is 4.67. The van der Waals surface area contributed by atoms with Gasteiger partial charge in [-0.15, -0.1) is 0 Å². The first-order chi connectivity index (χ1) is 13.1. The Morgan fingerprint density at radius 2 is 1.78 bits per heavy atom. The summed E-state index contributed by atoms with van der Waals surface area (Å²) in [6.45, 7) is 4.18. The van der Waals surface area contributed by atoms with Gasteiger partial charge in [0.1, 0.15) is 28.9 Å². The van der Waals surface area contributed by atoms with Crippen molar-refractivity contribution < 1.29 is 23.4 Å². The number of benzene rings is 1. The number of carbonyl (C=O) groups is 1. The number of furan rings is 1. The van der Waals surface area contributed by atoms with Crippen LogP contribution in [0.15, 0.2) is 34.9 Å². The Balaban J connectivity index is 2.15. The number of esters is 1. The highest BCUT2D eigenvalue weighted by Gasteiger charge is 2.24. The van der Waals surface area contributed by atoms with Crippen molar-refractivity contribution in [3.63, 3.8) is 0 Å². The van der Waals surface area contributed by atoms with Crippen LogP contribution in [-0.2, 0) is 11.2 Å². The normalized spacial score (nSPS) is 11.9. The highest BCUT2D eigenvalue weighted by atomic mass is 16.5. The van der Waals surface area contributed by atoms with Gasteiger partial charge in [-0.1, -0.05) is 32.3 Å². The molecule has 1 unspecified atom stereocenters. The van der Waals surface area contributed by atoms with Gasteiger partial charge in [-0.2, -0.15) is 0 Å². The maximum Gasteiger partial charge on any atom is 0.346 e. The van der Waals surface area contributed by atoms with Crippen LogP contribution < -0.4 is 9.47 Å². The van der Waals surface area contributed by atoms with Gasteiger partial charge in [0.15, 0.2) is 0 Å². The van der Waals surface area contributed by atoms with Crippen LogP contribution in [0.25, 0.3) is 0 Å². The molecule has 0 N–H and O–H groups in total. The standard InChI is InChI=1S/C22H30O5/c1-5-6-7-8-10-17(15-20-16(2)13-14-26-20)27-22(23)21-18(24-3)11-9-12-19(21)25-4/h9,11-14,17H,5-8,10,15H2,1-4H3. The molecule has 1 atom stereocenters. The number of hydrogen-bond donors (Lipinski definition) is 0. The average Bonchev–Trinajstić information content (AvgIpc) is 3.08. The van der Waals surface area contributed by atoms with Gasteiger partial charge >= 0.3 is 5.97 Å². The molecule has 0 radical (unpaired) electrons. The molecule has 0 aliphatic rings. The molecule has 0 saturated heterocycles. The van der Waals surface area contributed by atoms with Gasteiger partial charge in [0.2, 0.25) is 0 Å². The molecule has 0 saturated carbocycles. The van der Waals surface area contributed by atoms with E-state index in [2.05, 4.69) is 6.92 Å². The number of methoxy groups -OCH3 is 2. The highest BCUT2D eigenvalue weighted by molar-refractivity contribution is 5.95. The van der Waals surface area contributed by atoms with Crippen molar-refractivity contribution in [1.29, 1.82) is 0 Å². The Bertz CT molecular complexity index is 697. The molecular formula is C22H30O5. The molecule has 0 aliphatic heterocycles. The molecule has 27 heavy (non-hydrogen) atoms. The van der Waals surface area contributed by atoms with Crippen molar-refractivity contribution in [2.75, 3.05) is 14.2 Å². The molecule has 1 aromatic carbocycles. The fourth-order valence-electron chi connectivity index (χ4n) is 3.08. The first-order valence-electron chi connectivity index (χ1n) is 9.55. The van der Waals surface area contributed by atoms with Crippen LogP contribution in [0.1, 0.15) is 60.7 Å². The van der Waals surface area contributed by atoms with Crippen LogP contribution in [0.3, 0.4) is 0 Å². The fraction of sp³-hybridized carbons (Fsp3) is 0.500. The summed E-state index contributed by atoms with van der Waals surface area (Å²) in [4.78, 5) is 12.9. The summed E-state index contributed by atoms with van der Waals surface area (Å²) >= 11 is 0. The summed E-state index contributed by atoms with van der Waals surface area (Å²) in [5.41, 5.74) is 1.39. The van der Waals surface area contributed by atoms with Crippen LogP contribution in [0.2, 0.25) is 0 Å². The summed E-state index contributed by atoms with van der Waals surface area (Å²) in [7, 11) is 3.06. The largest absolute Gasteiger partial charge is 0.496 e. The SMILES string of the molecule is CCCCCCC(Cc1occc1C)OC(=O)c1c(OC)cccc1OC. The van der Waals surface area contributed by atoms with Gasteiger partial charge in [-0.05, 0) is 43.5 Å². The Hall–Kier alpha value is -2.43. The van der Waals surface area contributed by atoms with E-state index in [9.17, 15) is 4.79 Å². The lowest BCUT2D eigenvalue weighted by atomic mass is 10.0. The van der Waals surface area contributed by atoms with E-state index in [-0.39, 0.29) is 6.10 Å². The monoisotopic (exact) mass is 374 g/mol. The average molecular weight is 374 g/mol. The van der Waals surface area contributed by atoms with Gasteiger partial charge in [0.05, 0.1) is 20.5 Å². The number of rotatable bonds is 11. The number of aryl methyl sites for hydroxylation is 1. The second kappa shape index (κ2) is 10.7. The molecule has 5 nitrogen and oxygen atoms in total. The molecule has 0 spiro atoms. The molecule has 2 aromatic rings. The van der Waals surface area contributed by atoms with Gasteiger partial charge in [0, 0.05) is 6.42 Å². The van der Waals surface area contributed by atoms with Gasteiger partial charge in [-0.3, -0.25) is 0 Å². The van der Waals surface area contributed by atoms with Gasteiger partial charge in [-0.25, -0.2) is 4.79 Å². The first kappa shape index (κ1) is 20.9. The van der Waals surface area contributed by atoms with Crippen molar-refractivity contribution in [2.45, 2.75) is 58.5 Å². The number of ether oxygens (including phenoxy) is 3. The molecule has 2 rings (SSSR count). The summed E-state index contributed by atoms with van der Waals surface area (Å²) in [6.07, 6.45) is 7.25. The summed E-state index contributed by atoms with van der Waals surface area (Å²) < 4.78 is 22.1. The zero-order chi connectivity index (χ0) is 19.6. The van der Waals surface area contributed by atoms with Crippen LogP contribution >= 0.6 is 0 Å². The predicted octanol–water partition coefficient (Wildman–Crippen LogP) is 5.34. The number of carbonyl (C=O) groups excluding carboxylic acids is 1. The van der Waals surface area contributed by atoms with E-state index >= 15 is 0 Å². The first-order valence-corrected chi connectivity index (χ1v) is 9.55. The van der Waals surface area contributed by atoms with Crippen molar-refractivity contribution in [3.05, 3.63) is 47.4 Å². The molecule has 5 heteroatoms. The Kier molecular flexibility index (Phi) is 8.24. The van der Waals surface area contributed by atoms with E-state index in [4.69, 9.17) is 18.6 Å². The maximum atomic E-state index is 12.9. The molecular weight excluding hydrogens is 344 g/mol. The smallest absolute Gasteiger partial charge is 0.346 e. The lowest BCUT2D eigenvalue weighted by molar-refractivity contribution is 0.0259. The summed E-state index contributed by atoms with van der Waals surface area (Å²) in [6, 6.07) is 7.16. The third kappa shape index (κ3) is 5.78. The van der Waals surface area contributed by atoms with Gasteiger partial charge < -0.3 is 18.6 Å². The Morgan fingerprint density at radius 1 is 1.07 bits per heavy atom. The molecule has 0 bridgehead atoms. The van der Waals surface area contributed by atoms with E-state index in [0.717, 1.165) is 30.6 Å². The lowest BCUT2D eigenvalue weighted by Crippen LogP contribution is -2.22. The quantitative estimate of drug-likeness (QED) is 0.392. The maximum absolute atomic E-state index is 12.9. The second-order valence-electron chi connectivity index (χ2n) is 6.65. The number of unbranched alkanes of at least 4 members (excludes halogenated alkanes) is 3. The minimum absolute atomic E-state index is 0.256. The van der Waals surface area contributed by atoms with Crippen LogP contribution in [-0.4, -0.2) is 26.3 Å². The van der Waals surface area contributed by atoms with Crippen LogP contribution in [0.5, 0.6) is 11.5 Å².